The summed E-state index contributed by atoms with van der Waals surface area (Å²) in [5, 5.41) is 9.46. The van der Waals surface area contributed by atoms with E-state index in [0.29, 0.717) is 5.11 Å². The van der Waals surface area contributed by atoms with Crippen LogP contribution in [-0.4, -0.2) is 21.3 Å². The van der Waals surface area contributed by atoms with Crippen molar-refractivity contribution in [3.63, 3.8) is 0 Å². The topological polar surface area (TPSA) is 66.0 Å². The third kappa shape index (κ3) is 6.07. The Balaban J connectivity index is 1.56. The lowest BCUT2D eigenvalue weighted by atomic mass is 10.3. The molecule has 0 bridgehead atoms. The van der Waals surface area contributed by atoms with Gasteiger partial charge in [0.05, 0.1) is 5.25 Å². The van der Waals surface area contributed by atoms with E-state index in [1.165, 1.54) is 11.8 Å². The predicted octanol–water partition coefficient (Wildman–Crippen LogP) is 5.01. The number of hydrogen-bond acceptors (Lipinski definition) is 4. The number of aromatic nitrogens is 1. The fourth-order valence-electron chi connectivity index (χ4n) is 2.40. The first-order valence-electron chi connectivity index (χ1n) is 8.71. The first-order chi connectivity index (χ1) is 13.6. The van der Waals surface area contributed by atoms with E-state index in [-0.39, 0.29) is 11.2 Å². The second-order valence-corrected chi connectivity index (χ2v) is 7.78. The lowest BCUT2D eigenvalue weighted by Crippen LogP contribution is -2.22. The van der Waals surface area contributed by atoms with Crippen LogP contribution < -0.4 is 16.0 Å². The van der Waals surface area contributed by atoms with Gasteiger partial charge < -0.3 is 16.0 Å². The van der Waals surface area contributed by atoms with Crippen molar-refractivity contribution in [1.29, 1.82) is 0 Å². The average Bonchev–Trinajstić information content (AvgIpc) is 2.69. The molecule has 142 valence electrons. The minimum atomic E-state index is -0.252. The van der Waals surface area contributed by atoms with Gasteiger partial charge in [-0.15, -0.1) is 11.8 Å². The van der Waals surface area contributed by atoms with Crippen molar-refractivity contribution < 1.29 is 4.79 Å². The van der Waals surface area contributed by atoms with E-state index < -0.39 is 0 Å². The zero-order chi connectivity index (χ0) is 19.8. The number of benzene rings is 2. The van der Waals surface area contributed by atoms with Crippen LogP contribution in [0.25, 0.3) is 0 Å². The SMILES string of the molecule is CC(Sc1cccc(NC(=S)Nc2ccccc2)c1)C(=O)Nc1ccncc1. The predicted molar refractivity (Wildman–Crippen MR) is 121 cm³/mol. The molecule has 3 aromatic rings. The van der Waals surface area contributed by atoms with Crippen molar-refractivity contribution in [2.45, 2.75) is 17.1 Å². The Hall–Kier alpha value is -2.90. The number of carbonyl (C=O) groups is 1. The van der Waals surface area contributed by atoms with Crippen LogP contribution in [0.3, 0.4) is 0 Å². The molecule has 0 radical (unpaired) electrons. The Bertz CT molecular complexity index is 935. The fraction of sp³-hybridized carbons (Fsp3) is 0.0952. The molecule has 0 aliphatic carbocycles. The number of nitrogens with zero attached hydrogens (tertiary/aromatic N) is 1. The van der Waals surface area contributed by atoms with Gasteiger partial charge in [-0.25, -0.2) is 0 Å². The van der Waals surface area contributed by atoms with Crippen LogP contribution in [0.15, 0.2) is 84.0 Å². The van der Waals surface area contributed by atoms with Crippen molar-refractivity contribution >= 4 is 52.1 Å². The van der Waals surface area contributed by atoms with Crippen molar-refractivity contribution in [3.05, 3.63) is 79.1 Å². The molecule has 28 heavy (non-hydrogen) atoms. The quantitative estimate of drug-likeness (QED) is 0.394. The smallest absolute Gasteiger partial charge is 0.237 e. The molecule has 1 amide bonds. The third-order valence-corrected chi connectivity index (χ3v) is 5.05. The number of thioether (sulfide) groups is 1. The summed E-state index contributed by atoms with van der Waals surface area (Å²) in [6, 6.07) is 21.1. The van der Waals surface area contributed by atoms with Crippen molar-refractivity contribution in [2.24, 2.45) is 0 Å². The molecule has 1 unspecified atom stereocenters. The normalized spacial score (nSPS) is 11.3. The molecular formula is C21H20N4OS2. The summed E-state index contributed by atoms with van der Waals surface area (Å²) in [4.78, 5) is 17.3. The Morgan fingerprint density at radius 1 is 0.893 bits per heavy atom. The number of para-hydroxylation sites is 1. The van der Waals surface area contributed by atoms with E-state index in [9.17, 15) is 4.79 Å². The summed E-state index contributed by atoms with van der Waals surface area (Å²) < 4.78 is 0. The van der Waals surface area contributed by atoms with E-state index in [2.05, 4.69) is 20.9 Å². The minimum absolute atomic E-state index is 0.0594. The highest BCUT2D eigenvalue weighted by molar-refractivity contribution is 8.00. The summed E-state index contributed by atoms with van der Waals surface area (Å²) in [7, 11) is 0. The van der Waals surface area contributed by atoms with Gasteiger partial charge >= 0.3 is 0 Å². The van der Waals surface area contributed by atoms with E-state index in [1.807, 2.05) is 61.5 Å². The lowest BCUT2D eigenvalue weighted by Gasteiger charge is -2.14. The molecule has 0 spiro atoms. The molecule has 1 atom stereocenters. The fourth-order valence-corrected chi connectivity index (χ4v) is 3.56. The van der Waals surface area contributed by atoms with Gasteiger partial charge in [0, 0.05) is 34.4 Å². The highest BCUT2D eigenvalue weighted by atomic mass is 32.2. The van der Waals surface area contributed by atoms with Crippen LogP contribution in [0.4, 0.5) is 17.1 Å². The number of nitrogens with one attached hydrogen (secondary N) is 3. The zero-order valence-electron chi connectivity index (χ0n) is 15.3. The van der Waals surface area contributed by atoms with Gasteiger partial charge in [0.2, 0.25) is 5.91 Å². The lowest BCUT2D eigenvalue weighted by molar-refractivity contribution is -0.115. The number of rotatable bonds is 6. The number of anilines is 3. The maximum atomic E-state index is 12.4. The first kappa shape index (κ1) is 19.9. The molecule has 0 aliphatic rings. The molecule has 0 saturated heterocycles. The molecule has 7 heteroatoms. The van der Waals surface area contributed by atoms with E-state index in [4.69, 9.17) is 12.2 Å². The van der Waals surface area contributed by atoms with Crippen molar-refractivity contribution in [2.75, 3.05) is 16.0 Å². The highest BCUT2D eigenvalue weighted by Crippen LogP contribution is 2.26. The van der Waals surface area contributed by atoms with Crippen LogP contribution >= 0.6 is 24.0 Å². The Morgan fingerprint density at radius 2 is 1.54 bits per heavy atom. The maximum absolute atomic E-state index is 12.4. The van der Waals surface area contributed by atoms with Gasteiger partial charge in [0.25, 0.3) is 0 Å². The molecule has 3 rings (SSSR count). The molecule has 5 nitrogen and oxygen atoms in total. The molecule has 0 saturated carbocycles. The zero-order valence-corrected chi connectivity index (χ0v) is 16.9. The number of hydrogen-bond donors (Lipinski definition) is 3. The van der Waals surface area contributed by atoms with Gasteiger partial charge in [0.15, 0.2) is 5.11 Å². The minimum Gasteiger partial charge on any atom is -0.332 e. The maximum Gasteiger partial charge on any atom is 0.237 e. The molecular weight excluding hydrogens is 388 g/mol. The van der Waals surface area contributed by atoms with Crippen LogP contribution in [0, 0.1) is 0 Å². The van der Waals surface area contributed by atoms with Crippen LogP contribution in [-0.2, 0) is 4.79 Å². The van der Waals surface area contributed by atoms with Gasteiger partial charge in [-0.3, -0.25) is 9.78 Å². The molecule has 3 N–H and O–H groups in total. The van der Waals surface area contributed by atoms with Crippen molar-refractivity contribution in [1.82, 2.24) is 4.98 Å². The third-order valence-electron chi connectivity index (χ3n) is 3.75. The largest absolute Gasteiger partial charge is 0.332 e. The summed E-state index contributed by atoms with van der Waals surface area (Å²) >= 11 is 6.85. The van der Waals surface area contributed by atoms with Crippen LogP contribution in [0.2, 0.25) is 0 Å². The van der Waals surface area contributed by atoms with Crippen LogP contribution in [0.5, 0.6) is 0 Å². The van der Waals surface area contributed by atoms with E-state index in [1.54, 1.807) is 24.5 Å². The molecule has 0 fully saturated rings. The Morgan fingerprint density at radius 3 is 2.29 bits per heavy atom. The Kier molecular flexibility index (Phi) is 7.00. The highest BCUT2D eigenvalue weighted by Gasteiger charge is 2.15. The number of carbonyl (C=O) groups excluding carboxylic acids is 1. The van der Waals surface area contributed by atoms with E-state index in [0.717, 1.165) is 22.0 Å². The molecule has 2 aromatic carbocycles. The van der Waals surface area contributed by atoms with Gasteiger partial charge in [0.1, 0.15) is 0 Å². The van der Waals surface area contributed by atoms with Gasteiger partial charge in [-0.05, 0) is 61.6 Å². The summed E-state index contributed by atoms with van der Waals surface area (Å²) in [6.07, 6.45) is 3.30. The average molecular weight is 409 g/mol. The monoisotopic (exact) mass is 408 g/mol. The first-order valence-corrected chi connectivity index (χ1v) is 9.99. The second-order valence-electron chi connectivity index (χ2n) is 5.96. The summed E-state index contributed by atoms with van der Waals surface area (Å²) in [5.74, 6) is -0.0594. The molecule has 1 heterocycles. The molecule has 1 aromatic heterocycles. The number of thiocarbonyl (C=S) groups is 1. The van der Waals surface area contributed by atoms with Gasteiger partial charge in [-0.2, -0.15) is 0 Å². The standard InChI is InChI=1S/C21H20N4OS2/c1-15(20(26)23-17-10-12-22-13-11-17)28-19-9-5-8-18(14-19)25-21(27)24-16-6-3-2-4-7-16/h2-15H,1H3,(H,22,23,26)(H2,24,25,27). The number of amides is 1. The Labute approximate surface area is 174 Å². The summed E-state index contributed by atoms with van der Waals surface area (Å²) in [5.41, 5.74) is 2.52. The second kappa shape index (κ2) is 9.87. The number of pyridine rings is 1. The van der Waals surface area contributed by atoms with Crippen LogP contribution in [0.1, 0.15) is 6.92 Å². The van der Waals surface area contributed by atoms with Crippen molar-refractivity contribution in [3.8, 4) is 0 Å². The van der Waals surface area contributed by atoms with E-state index >= 15 is 0 Å². The summed E-state index contributed by atoms with van der Waals surface area (Å²) in [6.45, 7) is 1.88. The molecule has 0 aliphatic heterocycles. The van der Waals surface area contributed by atoms with Gasteiger partial charge in [-0.1, -0.05) is 24.3 Å².